The van der Waals surface area contributed by atoms with Crippen molar-refractivity contribution in [1.82, 2.24) is 0 Å². The van der Waals surface area contributed by atoms with E-state index in [2.05, 4.69) is 9.95 Å². The number of rotatable bonds is 5. The van der Waals surface area contributed by atoms with Gasteiger partial charge in [-0.2, -0.15) is 0 Å². The van der Waals surface area contributed by atoms with Crippen molar-refractivity contribution < 1.29 is 44.0 Å². The molecule has 0 aliphatic rings. The predicted octanol–water partition coefficient (Wildman–Crippen LogP) is 8.50. The van der Waals surface area contributed by atoms with Crippen LogP contribution in [-0.4, -0.2) is 26.7 Å². The van der Waals surface area contributed by atoms with Crippen LogP contribution in [0.1, 0.15) is 27.7 Å². The van der Waals surface area contributed by atoms with Crippen LogP contribution >= 0.6 is 0 Å². The Hall–Kier alpha value is -3.55. The molecule has 0 bridgehead atoms. The Morgan fingerprint density at radius 3 is 1.09 bits per heavy atom. The molecule has 0 N–H and O–H groups in total. The molecule has 0 radical (unpaired) electrons. The molecule has 0 fully saturated rings. The van der Waals surface area contributed by atoms with Gasteiger partial charge in [0.2, 0.25) is 22.3 Å². The Balaban J connectivity index is 0.000000916. The van der Waals surface area contributed by atoms with Crippen LogP contribution in [0.15, 0.2) is 36.4 Å². The van der Waals surface area contributed by atoms with Crippen molar-refractivity contribution in [2.45, 2.75) is 39.9 Å². The molecule has 34 heavy (non-hydrogen) atoms. The minimum absolute atomic E-state index is 0.0710. The summed E-state index contributed by atoms with van der Waals surface area (Å²) in [6.45, 7) is 7.55. The lowest BCUT2D eigenvalue weighted by Gasteiger charge is -2.10. The monoisotopic (exact) mass is 498 g/mol. The van der Waals surface area contributed by atoms with E-state index >= 15 is 0 Å². The molecule has 0 saturated carbocycles. The third-order valence-electron chi connectivity index (χ3n) is 3.21. The summed E-state index contributed by atoms with van der Waals surface area (Å²) < 4.78 is 89.4. The number of halogens is 8. The second-order valence-electron chi connectivity index (χ2n) is 6.83. The Kier molecular flexibility index (Phi) is 11.8. The number of hydrogen-bond donors (Lipinski definition) is 0. The summed E-state index contributed by atoms with van der Waals surface area (Å²) in [5.74, 6) is 0.896. The molecule has 0 aliphatic carbocycles. The highest BCUT2D eigenvalue weighted by Gasteiger charge is 2.31. The fourth-order valence-electron chi connectivity index (χ4n) is 2.38. The van der Waals surface area contributed by atoms with Gasteiger partial charge in [0.15, 0.2) is 9.95 Å². The van der Waals surface area contributed by atoms with Crippen LogP contribution in [0.2, 0.25) is 0 Å². The first-order valence-corrected chi connectivity index (χ1v) is 9.52. The molecule has 16 heteroatoms. The maximum absolute atomic E-state index is 9.75. The highest BCUT2D eigenvalue weighted by atomic mass is 19.5. The Bertz CT molecular complexity index is 925. The SMILES string of the molecule is CC(C)Oc1cccc(-c2cccc(OC(C)C)c2[N+]#N)c1[N+]#N.F[B-](F)(F)F.F[B-](F)(F)F. The Morgan fingerprint density at radius 1 is 0.618 bits per heavy atom. The van der Waals surface area contributed by atoms with Gasteiger partial charge in [-0.25, -0.2) is 0 Å². The molecule has 0 amide bonds. The standard InChI is InChI=1S/C18H20N4O2.2BF4/c1-11(2)23-15-9-5-7-13(17(15)21-19)14-8-6-10-16(18(14)22-20)24-12(3)4;2*2-1(3,4)5/h5-12H,1-4H3;;/q+2;2*-1. The normalized spacial score (nSPS) is 10.8. The molecule has 6 nitrogen and oxygen atoms in total. The van der Waals surface area contributed by atoms with Gasteiger partial charge in [0.1, 0.15) is 0 Å². The Morgan fingerprint density at radius 2 is 0.882 bits per heavy atom. The summed E-state index contributed by atoms with van der Waals surface area (Å²) in [6, 6.07) is 10.6. The van der Waals surface area contributed by atoms with E-state index in [1.807, 2.05) is 27.7 Å². The van der Waals surface area contributed by atoms with Crippen LogP contribution in [0.4, 0.5) is 45.9 Å². The molecule has 2 rings (SSSR count). The second kappa shape index (κ2) is 13.2. The van der Waals surface area contributed by atoms with Gasteiger partial charge in [0, 0.05) is 0 Å². The zero-order valence-electron chi connectivity index (χ0n) is 18.4. The van der Waals surface area contributed by atoms with Gasteiger partial charge in [0.05, 0.1) is 23.3 Å². The summed E-state index contributed by atoms with van der Waals surface area (Å²) in [4.78, 5) is 6.75. The van der Waals surface area contributed by atoms with Crippen molar-refractivity contribution >= 4 is 25.9 Å². The first-order valence-electron chi connectivity index (χ1n) is 9.52. The number of hydrogen-bond acceptors (Lipinski definition) is 4. The van der Waals surface area contributed by atoms with Gasteiger partial charge >= 0.3 is 25.9 Å². The summed E-state index contributed by atoms with van der Waals surface area (Å²) >= 11 is 0. The van der Waals surface area contributed by atoms with Crippen LogP contribution in [0, 0.1) is 10.8 Å². The van der Waals surface area contributed by atoms with Crippen LogP contribution in [0.5, 0.6) is 11.5 Å². The zero-order chi connectivity index (χ0) is 26.7. The number of nitrogens with zero attached hydrogens (tertiary/aromatic N) is 4. The van der Waals surface area contributed by atoms with Gasteiger partial charge in [0.25, 0.3) is 0 Å². The number of ether oxygens (including phenoxy) is 2. The van der Waals surface area contributed by atoms with E-state index in [1.54, 1.807) is 36.4 Å². The summed E-state index contributed by atoms with van der Waals surface area (Å²) in [6.07, 6.45) is -0.142. The van der Waals surface area contributed by atoms with E-state index in [4.69, 9.17) is 9.47 Å². The lowest BCUT2D eigenvalue weighted by atomic mass is 10.0. The van der Waals surface area contributed by atoms with Gasteiger partial charge in [-0.05, 0) is 52.0 Å². The third kappa shape index (κ3) is 13.1. The van der Waals surface area contributed by atoms with Crippen molar-refractivity contribution in [2.24, 2.45) is 0 Å². The van der Waals surface area contributed by atoms with E-state index in [-0.39, 0.29) is 23.6 Å². The van der Waals surface area contributed by atoms with Crippen LogP contribution in [-0.2, 0) is 0 Å². The highest BCUT2D eigenvalue weighted by Crippen LogP contribution is 2.45. The van der Waals surface area contributed by atoms with Gasteiger partial charge in [-0.3, -0.25) is 0 Å². The highest BCUT2D eigenvalue weighted by molar-refractivity contribution is 6.50. The largest absolute Gasteiger partial charge is 0.673 e. The van der Waals surface area contributed by atoms with Crippen LogP contribution in [0.3, 0.4) is 0 Å². The first-order chi connectivity index (χ1) is 15.5. The van der Waals surface area contributed by atoms with E-state index in [9.17, 15) is 45.3 Å². The van der Waals surface area contributed by atoms with Crippen LogP contribution in [0.25, 0.3) is 21.1 Å². The quantitative estimate of drug-likeness (QED) is 0.236. The zero-order valence-corrected chi connectivity index (χ0v) is 18.4. The van der Waals surface area contributed by atoms with Crippen molar-refractivity contribution in [2.75, 3.05) is 0 Å². The fraction of sp³-hybridized carbons (Fsp3) is 0.333. The molecule has 0 atom stereocenters. The Labute approximate surface area is 190 Å². The summed E-state index contributed by atoms with van der Waals surface area (Å²) in [7, 11) is -12.0. The van der Waals surface area contributed by atoms with Crippen molar-refractivity contribution in [1.29, 1.82) is 10.8 Å². The molecule has 0 heterocycles. The minimum atomic E-state index is -6.00. The van der Waals surface area contributed by atoms with E-state index in [0.29, 0.717) is 22.6 Å². The maximum atomic E-state index is 9.75. The number of diazo groups is 2. The fourth-order valence-corrected chi connectivity index (χ4v) is 2.38. The number of benzene rings is 2. The third-order valence-corrected chi connectivity index (χ3v) is 3.21. The average Bonchev–Trinajstić information content (AvgIpc) is 2.64. The lowest BCUT2D eigenvalue weighted by Crippen LogP contribution is -2.06. The van der Waals surface area contributed by atoms with Crippen LogP contribution < -0.4 is 9.47 Å². The van der Waals surface area contributed by atoms with Gasteiger partial charge in [-0.15, -0.1) is 0 Å². The topological polar surface area (TPSA) is 74.8 Å². The second-order valence-corrected chi connectivity index (χ2v) is 6.83. The molecule has 186 valence electrons. The molecule has 2 aromatic carbocycles. The summed E-state index contributed by atoms with van der Waals surface area (Å²) in [5, 5.41) is 18.9. The average molecular weight is 498 g/mol. The van der Waals surface area contributed by atoms with E-state index in [1.165, 1.54) is 0 Å². The molecule has 0 aliphatic heterocycles. The molecule has 0 saturated heterocycles. The molecule has 0 unspecified atom stereocenters. The maximum Gasteiger partial charge on any atom is 0.673 e. The summed E-state index contributed by atoms with van der Waals surface area (Å²) in [5.41, 5.74) is 1.71. The smallest absolute Gasteiger partial charge is 0.483 e. The molecule has 2 aromatic rings. The van der Waals surface area contributed by atoms with Gasteiger partial charge < -0.3 is 44.0 Å². The van der Waals surface area contributed by atoms with Gasteiger partial charge in [-0.1, -0.05) is 12.1 Å². The van der Waals surface area contributed by atoms with Crippen molar-refractivity contribution in [3.8, 4) is 22.6 Å². The predicted molar refractivity (Wildman–Crippen MR) is 113 cm³/mol. The van der Waals surface area contributed by atoms with Crippen molar-refractivity contribution in [3.05, 3.63) is 46.4 Å². The molecular formula is C18H20B2F8N4O2. The minimum Gasteiger partial charge on any atom is -0.483 e. The first kappa shape index (κ1) is 30.4. The molecular weight excluding hydrogens is 478 g/mol. The van der Waals surface area contributed by atoms with E-state index < -0.39 is 14.5 Å². The molecule has 0 aromatic heterocycles. The van der Waals surface area contributed by atoms with Crippen molar-refractivity contribution in [3.63, 3.8) is 0 Å². The van der Waals surface area contributed by atoms with E-state index in [0.717, 1.165) is 0 Å². The lowest BCUT2D eigenvalue weighted by molar-refractivity contribution is 0.243. The molecule has 0 spiro atoms.